The lowest BCUT2D eigenvalue weighted by atomic mass is 10.1. The Labute approximate surface area is 140 Å². The zero-order valence-electron chi connectivity index (χ0n) is 13.5. The third kappa shape index (κ3) is 6.14. The molecule has 0 bridgehead atoms. The van der Waals surface area contributed by atoms with Crippen molar-refractivity contribution in [3.05, 3.63) is 29.8 Å². The van der Waals surface area contributed by atoms with Crippen molar-refractivity contribution in [1.82, 2.24) is 10.2 Å². The molecule has 24 heavy (non-hydrogen) atoms. The highest BCUT2D eigenvalue weighted by Crippen LogP contribution is 2.15. The number of alkyl halides is 2. The maximum Gasteiger partial charge on any atom is 0.387 e. The van der Waals surface area contributed by atoms with Gasteiger partial charge in [0.2, 0.25) is 11.8 Å². The van der Waals surface area contributed by atoms with Crippen molar-refractivity contribution in [1.29, 1.82) is 0 Å². The molecule has 1 heterocycles. The summed E-state index contributed by atoms with van der Waals surface area (Å²) in [5, 5.41) is 2.78. The average molecular weight is 340 g/mol. The van der Waals surface area contributed by atoms with Gasteiger partial charge in [-0.3, -0.25) is 9.59 Å². The van der Waals surface area contributed by atoms with Gasteiger partial charge >= 0.3 is 6.61 Å². The fourth-order valence-corrected chi connectivity index (χ4v) is 2.62. The predicted octanol–water partition coefficient (Wildman–Crippen LogP) is 2.35. The van der Waals surface area contributed by atoms with E-state index in [1.807, 2.05) is 0 Å². The van der Waals surface area contributed by atoms with Gasteiger partial charge in [-0.05, 0) is 37.0 Å². The fourth-order valence-electron chi connectivity index (χ4n) is 2.62. The van der Waals surface area contributed by atoms with Crippen molar-refractivity contribution in [3.8, 4) is 5.75 Å². The molecule has 2 rings (SSSR count). The Morgan fingerprint density at radius 3 is 2.67 bits per heavy atom. The summed E-state index contributed by atoms with van der Waals surface area (Å²) in [7, 11) is 0. The van der Waals surface area contributed by atoms with Gasteiger partial charge in [-0.2, -0.15) is 8.78 Å². The fraction of sp³-hybridized carbons (Fsp3) is 0.529. The molecule has 1 N–H and O–H groups in total. The number of carbonyl (C=O) groups excluding carboxylic acids is 2. The van der Waals surface area contributed by atoms with Crippen LogP contribution in [0, 0.1) is 0 Å². The summed E-state index contributed by atoms with van der Waals surface area (Å²) >= 11 is 0. The van der Waals surface area contributed by atoms with Gasteiger partial charge in [0, 0.05) is 19.5 Å². The second-order valence-electron chi connectivity index (χ2n) is 5.75. The van der Waals surface area contributed by atoms with E-state index in [0.29, 0.717) is 25.9 Å². The summed E-state index contributed by atoms with van der Waals surface area (Å²) in [6, 6.07) is 6.31. The molecule has 1 saturated heterocycles. The normalized spacial score (nSPS) is 15.3. The molecule has 1 aromatic carbocycles. The number of benzene rings is 1. The van der Waals surface area contributed by atoms with E-state index in [9.17, 15) is 18.4 Å². The van der Waals surface area contributed by atoms with E-state index in [0.717, 1.165) is 24.8 Å². The van der Waals surface area contributed by atoms with Crippen LogP contribution in [-0.2, 0) is 16.0 Å². The Morgan fingerprint density at radius 1 is 1.21 bits per heavy atom. The standard InChI is InChI=1S/C17H22F2N2O3/c18-17(19)24-14-7-5-13(6-8-14)9-10-20-15(22)12-21-11-3-1-2-4-16(21)23/h5-8,17H,1-4,9-12H2,(H,20,22). The van der Waals surface area contributed by atoms with Crippen molar-refractivity contribution in [3.63, 3.8) is 0 Å². The zero-order valence-corrected chi connectivity index (χ0v) is 13.5. The van der Waals surface area contributed by atoms with E-state index in [1.54, 1.807) is 17.0 Å². The summed E-state index contributed by atoms with van der Waals surface area (Å²) in [5.74, 6) is -0.0300. The number of ether oxygens (including phenoxy) is 1. The van der Waals surface area contributed by atoms with E-state index in [1.165, 1.54) is 12.1 Å². The minimum atomic E-state index is -2.84. The van der Waals surface area contributed by atoms with E-state index in [2.05, 4.69) is 10.1 Å². The summed E-state index contributed by atoms with van der Waals surface area (Å²) in [6.07, 6.45) is 3.94. The smallest absolute Gasteiger partial charge is 0.387 e. The quantitative estimate of drug-likeness (QED) is 0.829. The van der Waals surface area contributed by atoms with Gasteiger partial charge in [0.1, 0.15) is 5.75 Å². The minimum Gasteiger partial charge on any atom is -0.435 e. The number of amides is 2. The molecular formula is C17H22F2N2O3. The summed E-state index contributed by atoms with van der Waals surface area (Å²) < 4.78 is 28.4. The lowest BCUT2D eigenvalue weighted by Gasteiger charge is -2.19. The molecule has 0 spiro atoms. The molecule has 0 aromatic heterocycles. The summed E-state index contributed by atoms with van der Waals surface area (Å²) in [4.78, 5) is 25.4. The van der Waals surface area contributed by atoms with Gasteiger partial charge < -0.3 is 15.0 Å². The molecule has 0 radical (unpaired) electrons. The van der Waals surface area contributed by atoms with Gasteiger partial charge in [-0.25, -0.2) is 0 Å². The molecule has 1 aromatic rings. The van der Waals surface area contributed by atoms with Crippen molar-refractivity contribution >= 4 is 11.8 Å². The van der Waals surface area contributed by atoms with Crippen molar-refractivity contribution < 1.29 is 23.1 Å². The summed E-state index contributed by atoms with van der Waals surface area (Å²) in [5.41, 5.74) is 0.905. The number of nitrogens with one attached hydrogen (secondary N) is 1. The maximum atomic E-state index is 12.1. The largest absolute Gasteiger partial charge is 0.435 e. The first-order valence-electron chi connectivity index (χ1n) is 8.13. The SMILES string of the molecule is O=C(CN1CCCCCC1=O)NCCc1ccc(OC(F)F)cc1. The molecule has 0 aliphatic carbocycles. The van der Waals surface area contributed by atoms with E-state index >= 15 is 0 Å². The predicted molar refractivity (Wildman–Crippen MR) is 84.8 cm³/mol. The maximum absolute atomic E-state index is 12.1. The van der Waals surface area contributed by atoms with Gasteiger partial charge in [0.05, 0.1) is 6.54 Å². The molecule has 0 atom stereocenters. The van der Waals surface area contributed by atoms with Crippen LogP contribution in [0.4, 0.5) is 8.78 Å². The third-order valence-electron chi connectivity index (χ3n) is 3.89. The number of hydrogen-bond acceptors (Lipinski definition) is 3. The third-order valence-corrected chi connectivity index (χ3v) is 3.89. The topological polar surface area (TPSA) is 58.6 Å². The molecule has 1 fully saturated rings. The number of nitrogens with zero attached hydrogens (tertiary/aromatic N) is 1. The number of hydrogen-bond donors (Lipinski definition) is 1. The van der Waals surface area contributed by atoms with Crippen LogP contribution in [0.2, 0.25) is 0 Å². The molecule has 132 valence electrons. The second-order valence-corrected chi connectivity index (χ2v) is 5.75. The van der Waals surface area contributed by atoms with E-state index in [4.69, 9.17) is 0 Å². The monoisotopic (exact) mass is 340 g/mol. The Bertz CT molecular complexity index is 549. The van der Waals surface area contributed by atoms with Gasteiger partial charge in [0.25, 0.3) is 0 Å². The first-order chi connectivity index (χ1) is 11.5. The van der Waals surface area contributed by atoms with Crippen molar-refractivity contribution in [2.75, 3.05) is 19.6 Å². The van der Waals surface area contributed by atoms with Gasteiger partial charge in [-0.15, -0.1) is 0 Å². The Hall–Kier alpha value is -2.18. The lowest BCUT2D eigenvalue weighted by molar-refractivity contribution is -0.135. The molecule has 5 nitrogen and oxygen atoms in total. The summed E-state index contributed by atoms with van der Waals surface area (Å²) in [6.45, 7) is -1.68. The average Bonchev–Trinajstić information content (AvgIpc) is 2.73. The first-order valence-corrected chi connectivity index (χ1v) is 8.13. The molecular weight excluding hydrogens is 318 g/mol. The van der Waals surface area contributed by atoms with Gasteiger partial charge in [0.15, 0.2) is 0 Å². The lowest BCUT2D eigenvalue weighted by Crippen LogP contribution is -2.41. The minimum absolute atomic E-state index is 0.0391. The highest BCUT2D eigenvalue weighted by Gasteiger charge is 2.18. The number of carbonyl (C=O) groups is 2. The highest BCUT2D eigenvalue weighted by molar-refractivity contribution is 5.84. The van der Waals surface area contributed by atoms with Crippen LogP contribution >= 0.6 is 0 Å². The molecule has 7 heteroatoms. The second kappa shape index (κ2) is 9.20. The molecule has 2 amide bonds. The van der Waals surface area contributed by atoms with Crippen LogP contribution in [0.3, 0.4) is 0 Å². The molecule has 1 aliphatic heterocycles. The Morgan fingerprint density at radius 2 is 1.96 bits per heavy atom. The first kappa shape index (κ1) is 18.2. The van der Waals surface area contributed by atoms with Crippen molar-refractivity contribution in [2.45, 2.75) is 38.7 Å². The van der Waals surface area contributed by atoms with Crippen LogP contribution in [0.5, 0.6) is 5.75 Å². The Kier molecular flexibility index (Phi) is 6.96. The molecule has 0 unspecified atom stereocenters. The van der Waals surface area contributed by atoms with Crippen molar-refractivity contribution in [2.24, 2.45) is 0 Å². The van der Waals surface area contributed by atoms with Crippen LogP contribution < -0.4 is 10.1 Å². The molecule has 1 aliphatic rings. The van der Waals surface area contributed by atoms with Crippen LogP contribution in [0.25, 0.3) is 0 Å². The number of rotatable bonds is 7. The Balaban J connectivity index is 1.71. The number of likely N-dealkylation sites (tertiary alicyclic amines) is 1. The highest BCUT2D eigenvalue weighted by atomic mass is 19.3. The molecule has 0 saturated carbocycles. The number of halogens is 2. The van der Waals surface area contributed by atoms with E-state index < -0.39 is 6.61 Å². The van der Waals surface area contributed by atoms with Crippen LogP contribution in [0.1, 0.15) is 31.2 Å². The zero-order chi connectivity index (χ0) is 17.4. The van der Waals surface area contributed by atoms with E-state index in [-0.39, 0.29) is 24.1 Å². The van der Waals surface area contributed by atoms with Crippen LogP contribution in [0.15, 0.2) is 24.3 Å². The van der Waals surface area contributed by atoms with Crippen LogP contribution in [-0.4, -0.2) is 43.0 Å². The van der Waals surface area contributed by atoms with Gasteiger partial charge in [-0.1, -0.05) is 18.6 Å².